The zero-order valence-electron chi connectivity index (χ0n) is 39.7. The van der Waals surface area contributed by atoms with Gasteiger partial charge >= 0.3 is 0 Å². The number of para-hydroxylation sites is 1. The van der Waals surface area contributed by atoms with Crippen molar-refractivity contribution >= 4 is 72.5 Å². The molecule has 0 bridgehead atoms. The minimum atomic E-state index is -0.0264. The maximum atomic E-state index is 2.63. The Labute approximate surface area is 396 Å². The van der Waals surface area contributed by atoms with Crippen LogP contribution in [0.25, 0.3) is 54.6 Å². The summed E-state index contributed by atoms with van der Waals surface area (Å²) in [6, 6.07) is 76.6. The maximum Gasteiger partial charge on any atom is 0.247 e. The molecule has 2 heteroatoms. The van der Waals surface area contributed by atoms with Gasteiger partial charge in [-0.3, -0.25) is 0 Å². The Morgan fingerprint density at radius 1 is 0.418 bits per heavy atom. The maximum absolute atomic E-state index is 2.63. The number of fused-ring (bicyclic) bond motifs is 7. The van der Waals surface area contributed by atoms with E-state index >= 15 is 0 Å². The largest absolute Gasteiger partial charge is 0.311 e. The lowest BCUT2D eigenvalue weighted by Crippen LogP contribution is -2.59. The quantitative estimate of drug-likeness (QED) is 0.126. The van der Waals surface area contributed by atoms with E-state index in [9.17, 15) is 0 Å². The fraction of sp³-hybridized carbons (Fsp3) is 0.169. The molecule has 67 heavy (non-hydrogen) atoms. The molecule has 324 valence electrons. The van der Waals surface area contributed by atoms with E-state index in [0.717, 1.165) is 0 Å². The van der Waals surface area contributed by atoms with Gasteiger partial charge in [0.25, 0.3) is 0 Å². The Bertz CT molecular complexity index is 3510. The smallest absolute Gasteiger partial charge is 0.247 e. The first-order chi connectivity index (χ1) is 32.4. The van der Waals surface area contributed by atoms with E-state index in [4.69, 9.17) is 0 Å². The van der Waals surface area contributed by atoms with Crippen molar-refractivity contribution in [3.05, 3.63) is 228 Å². The molecule has 10 aromatic rings. The fourth-order valence-electron chi connectivity index (χ4n) is 11.9. The molecule has 10 aromatic carbocycles. The van der Waals surface area contributed by atoms with Crippen molar-refractivity contribution < 1.29 is 0 Å². The highest BCUT2D eigenvalue weighted by Crippen LogP contribution is 2.50. The average molecular weight is 862 g/mol. The molecular weight excluding hydrogens is 806 g/mol. The van der Waals surface area contributed by atoms with Crippen LogP contribution in [0.3, 0.4) is 0 Å². The molecule has 0 fully saturated rings. The molecule has 2 aliphatic heterocycles. The van der Waals surface area contributed by atoms with Gasteiger partial charge in [0.05, 0.1) is 0 Å². The Balaban J connectivity index is 1.24. The first kappa shape index (κ1) is 41.3. The summed E-state index contributed by atoms with van der Waals surface area (Å²) in [5, 5.41) is 7.57. The van der Waals surface area contributed by atoms with Crippen LogP contribution in [-0.2, 0) is 10.8 Å². The van der Waals surface area contributed by atoms with Crippen molar-refractivity contribution in [3.8, 4) is 22.3 Å². The lowest BCUT2D eigenvalue weighted by Gasteiger charge is -2.40. The topological polar surface area (TPSA) is 3.24 Å². The molecule has 2 aliphatic rings. The van der Waals surface area contributed by atoms with Crippen molar-refractivity contribution in [2.24, 2.45) is 0 Å². The minimum Gasteiger partial charge on any atom is -0.311 e. The van der Waals surface area contributed by atoms with Crippen LogP contribution in [0.15, 0.2) is 200 Å². The van der Waals surface area contributed by atoms with E-state index in [0.29, 0.717) is 0 Å². The summed E-state index contributed by atoms with van der Waals surface area (Å²) in [6.07, 6.45) is 0. The molecular formula is C65H56BN. The van der Waals surface area contributed by atoms with Crippen LogP contribution in [0.4, 0.5) is 17.1 Å². The molecule has 0 radical (unpaired) electrons. The zero-order valence-corrected chi connectivity index (χ0v) is 39.7. The average Bonchev–Trinajstić information content (AvgIpc) is 3.44. The van der Waals surface area contributed by atoms with Crippen molar-refractivity contribution in [2.45, 2.75) is 71.1 Å². The SMILES string of the molecule is C[C@@H]1c2ccc(C(C)(C)C)cc2B2c3cc(C(C)(C)C)ccc3N(c3ccccc3)c3cc(-c4c5ccccc5c(-c5ccc6ccccc6c5)c5ccccc45)cc(c32)C1c1ccccc1. The van der Waals surface area contributed by atoms with Crippen LogP contribution in [0.1, 0.15) is 88.1 Å². The number of benzene rings is 10. The van der Waals surface area contributed by atoms with E-state index in [-0.39, 0.29) is 29.4 Å². The predicted molar refractivity (Wildman–Crippen MR) is 290 cm³/mol. The number of hydrogen-bond acceptors (Lipinski definition) is 1. The Morgan fingerprint density at radius 2 is 0.955 bits per heavy atom. The first-order valence-electron chi connectivity index (χ1n) is 24.2. The molecule has 12 rings (SSSR count). The molecule has 0 N–H and O–H groups in total. The van der Waals surface area contributed by atoms with Gasteiger partial charge < -0.3 is 4.90 Å². The van der Waals surface area contributed by atoms with Gasteiger partial charge in [0, 0.05) is 23.0 Å². The summed E-state index contributed by atoms with van der Waals surface area (Å²) < 4.78 is 0. The highest BCUT2D eigenvalue weighted by atomic mass is 15.1. The summed E-state index contributed by atoms with van der Waals surface area (Å²) in [7, 11) is 0. The third-order valence-corrected chi connectivity index (χ3v) is 15.2. The Morgan fingerprint density at radius 3 is 1.58 bits per heavy atom. The number of nitrogens with zero attached hydrogens (tertiary/aromatic N) is 1. The summed E-state index contributed by atoms with van der Waals surface area (Å²) in [5.41, 5.74) is 19.8. The van der Waals surface area contributed by atoms with Crippen LogP contribution >= 0.6 is 0 Å². The molecule has 0 aliphatic carbocycles. The second-order valence-corrected chi connectivity index (χ2v) is 21.3. The van der Waals surface area contributed by atoms with E-state index < -0.39 is 0 Å². The van der Waals surface area contributed by atoms with Crippen molar-refractivity contribution in [1.82, 2.24) is 0 Å². The van der Waals surface area contributed by atoms with E-state index in [1.165, 1.54) is 116 Å². The summed E-state index contributed by atoms with van der Waals surface area (Å²) >= 11 is 0. The molecule has 1 unspecified atom stereocenters. The van der Waals surface area contributed by atoms with Gasteiger partial charge in [0.15, 0.2) is 0 Å². The molecule has 0 spiro atoms. The first-order valence-corrected chi connectivity index (χ1v) is 24.2. The van der Waals surface area contributed by atoms with Crippen LogP contribution in [0.2, 0.25) is 0 Å². The second-order valence-electron chi connectivity index (χ2n) is 21.3. The van der Waals surface area contributed by atoms with E-state index in [1.807, 2.05) is 0 Å². The van der Waals surface area contributed by atoms with Crippen molar-refractivity contribution in [3.63, 3.8) is 0 Å². The molecule has 0 amide bonds. The summed E-state index contributed by atoms with van der Waals surface area (Å²) in [6.45, 7) is 16.6. The number of hydrogen-bond donors (Lipinski definition) is 0. The van der Waals surface area contributed by atoms with Gasteiger partial charge in [-0.15, -0.1) is 0 Å². The van der Waals surface area contributed by atoms with Crippen LogP contribution < -0.4 is 21.3 Å². The van der Waals surface area contributed by atoms with Gasteiger partial charge in [-0.2, -0.15) is 0 Å². The van der Waals surface area contributed by atoms with E-state index in [2.05, 4.69) is 254 Å². The molecule has 2 atom stereocenters. The van der Waals surface area contributed by atoms with Crippen molar-refractivity contribution in [2.75, 3.05) is 4.90 Å². The monoisotopic (exact) mass is 861 g/mol. The number of rotatable bonds is 4. The van der Waals surface area contributed by atoms with Gasteiger partial charge in [-0.1, -0.05) is 224 Å². The predicted octanol–water partition coefficient (Wildman–Crippen LogP) is 15.6. The van der Waals surface area contributed by atoms with Gasteiger partial charge in [-0.05, 0) is 140 Å². The van der Waals surface area contributed by atoms with Crippen molar-refractivity contribution in [1.29, 1.82) is 0 Å². The third-order valence-electron chi connectivity index (χ3n) is 15.2. The Kier molecular flexibility index (Phi) is 9.53. The van der Waals surface area contributed by atoms with Gasteiger partial charge in [0.1, 0.15) is 0 Å². The van der Waals surface area contributed by atoms with Crippen LogP contribution in [0.5, 0.6) is 0 Å². The highest BCUT2D eigenvalue weighted by Gasteiger charge is 2.45. The lowest BCUT2D eigenvalue weighted by molar-refractivity contribution is 0.589. The molecule has 1 nitrogen and oxygen atoms in total. The Hall–Kier alpha value is -7.16. The standard InChI is InChI=1S/C65H56BN/c1-41-50-34-32-47(64(2,3)4)39-56(50)66-57-40-48(65(5,6)7)33-35-58(57)67(49-24-12-9-13-25-49)59-38-46(37-55(63(59)66)60(41)43-21-10-8-11-22-43)62-53-28-18-16-26-51(53)61(52-27-17-19-29-54(52)62)45-31-30-42-20-14-15-23-44(42)36-45/h8-41,60H,1-7H3/t41-,60?/m1/s1. The molecule has 0 aromatic heterocycles. The zero-order chi connectivity index (χ0) is 45.8. The van der Waals surface area contributed by atoms with Gasteiger partial charge in [-0.25, -0.2) is 0 Å². The summed E-state index contributed by atoms with van der Waals surface area (Å²) in [5.74, 6) is 0.290. The highest BCUT2D eigenvalue weighted by molar-refractivity contribution is 6.98. The molecule has 0 saturated carbocycles. The fourth-order valence-corrected chi connectivity index (χ4v) is 11.9. The van der Waals surface area contributed by atoms with Gasteiger partial charge in [0.2, 0.25) is 6.71 Å². The lowest BCUT2D eigenvalue weighted by atomic mass is 9.33. The van der Waals surface area contributed by atoms with Crippen LogP contribution in [0, 0.1) is 0 Å². The summed E-state index contributed by atoms with van der Waals surface area (Å²) in [4.78, 5) is 2.60. The second kappa shape index (κ2) is 15.5. The van der Waals surface area contributed by atoms with Crippen LogP contribution in [-0.4, -0.2) is 6.71 Å². The minimum absolute atomic E-state index is 0.0130. The molecule has 2 heterocycles. The molecule has 0 saturated heterocycles. The third kappa shape index (κ3) is 6.67. The normalized spacial score (nSPS) is 15.6. The number of anilines is 3. The van der Waals surface area contributed by atoms with E-state index in [1.54, 1.807) is 0 Å².